The van der Waals surface area contributed by atoms with Crippen molar-refractivity contribution < 1.29 is 9.59 Å². The quantitative estimate of drug-likeness (QED) is 0.692. The van der Waals surface area contributed by atoms with Crippen LogP contribution in [0.5, 0.6) is 0 Å². The molecule has 0 heterocycles. The SMILES string of the molecule is CC(C)C(=O)NC(=S)Nc1ccc(Cl)c(C(=O)NC2CCCCC2)c1. The maximum atomic E-state index is 12.5. The van der Waals surface area contributed by atoms with E-state index in [1.54, 1.807) is 32.0 Å². The van der Waals surface area contributed by atoms with E-state index in [0.717, 1.165) is 25.7 Å². The number of benzene rings is 1. The van der Waals surface area contributed by atoms with Crippen molar-refractivity contribution in [1.29, 1.82) is 0 Å². The Morgan fingerprint density at radius 2 is 1.88 bits per heavy atom. The molecule has 7 heteroatoms. The molecule has 0 atom stereocenters. The van der Waals surface area contributed by atoms with Crippen molar-refractivity contribution >= 4 is 46.4 Å². The number of hydrogen-bond acceptors (Lipinski definition) is 3. The molecule has 0 unspecified atom stereocenters. The lowest BCUT2D eigenvalue weighted by atomic mass is 9.95. The van der Waals surface area contributed by atoms with Gasteiger partial charge in [-0.25, -0.2) is 0 Å². The lowest BCUT2D eigenvalue weighted by Gasteiger charge is -2.23. The average Bonchev–Trinajstić information content (AvgIpc) is 2.57. The summed E-state index contributed by atoms with van der Waals surface area (Å²) in [6, 6.07) is 5.22. The van der Waals surface area contributed by atoms with Crippen LogP contribution in [-0.4, -0.2) is 23.0 Å². The number of amides is 2. The standard InChI is InChI=1S/C18H24ClN3O2S/c1-11(2)16(23)22-18(25)21-13-8-9-15(19)14(10-13)17(24)20-12-6-4-3-5-7-12/h8-12H,3-7H2,1-2H3,(H,20,24)(H2,21,22,23,25). The number of carbonyl (C=O) groups is 2. The summed E-state index contributed by atoms with van der Waals surface area (Å²) in [5.41, 5.74) is 1.00. The van der Waals surface area contributed by atoms with Gasteiger partial charge in [-0.2, -0.15) is 0 Å². The fourth-order valence-electron chi connectivity index (χ4n) is 2.71. The summed E-state index contributed by atoms with van der Waals surface area (Å²) in [5, 5.41) is 9.15. The van der Waals surface area contributed by atoms with Gasteiger partial charge < -0.3 is 16.0 Å². The van der Waals surface area contributed by atoms with Crippen molar-refractivity contribution in [3.63, 3.8) is 0 Å². The van der Waals surface area contributed by atoms with Gasteiger partial charge in [0.05, 0.1) is 10.6 Å². The fourth-order valence-corrected chi connectivity index (χ4v) is 3.13. The molecule has 0 radical (unpaired) electrons. The van der Waals surface area contributed by atoms with Crippen molar-refractivity contribution in [3.8, 4) is 0 Å². The third-order valence-electron chi connectivity index (χ3n) is 4.17. The van der Waals surface area contributed by atoms with Gasteiger partial charge in [-0.05, 0) is 43.3 Å². The molecular weight excluding hydrogens is 358 g/mol. The Balaban J connectivity index is 2.02. The summed E-state index contributed by atoms with van der Waals surface area (Å²) in [6.45, 7) is 3.57. The topological polar surface area (TPSA) is 70.2 Å². The van der Waals surface area contributed by atoms with Gasteiger partial charge in [-0.15, -0.1) is 0 Å². The van der Waals surface area contributed by atoms with Crippen LogP contribution in [0.15, 0.2) is 18.2 Å². The molecule has 25 heavy (non-hydrogen) atoms. The third-order valence-corrected chi connectivity index (χ3v) is 4.70. The number of carbonyl (C=O) groups excluding carboxylic acids is 2. The van der Waals surface area contributed by atoms with E-state index in [1.807, 2.05) is 0 Å². The van der Waals surface area contributed by atoms with Gasteiger partial charge >= 0.3 is 0 Å². The lowest BCUT2D eigenvalue weighted by Crippen LogP contribution is -2.37. The molecule has 2 rings (SSSR count). The van der Waals surface area contributed by atoms with E-state index in [0.29, 0.717) is 16.3 Å². The first kappa shape index (κ1) is 19.7. The van der Waals surface area contributed by atoms with Crippen LogP contribution in [0, 0.1) is 5.92 Å². The summed E-state index contributed by atoms with van der Waals surface area (Å²) in [5.74, 6) is -0.513. The summed E-state index contributed by atoms with van der Waals surface area (Å²) >= 11 is 11.3. The van der Waals surface area contributed by atoms with E-state index in [-0.39, 0.29) is 28.9 Å². The maximum Gasteiger partial charge on any atom is 0.253 e. The van der Waals surface area contributed by atoms with Crippen molar-refractivity contribution in [2.75, 3.05) is 5.32 Å². The summed E-state index contributed by atoms with van der Waals surface area (Å²) in [4.78, 5) is 24.2. The second-order valence-corrected chi connectivity index (χ2v) is 7.42. The molecule has 1 fully saturated rings. The van der Waals surface area contributed by atoms with Crippen LogP contribution >= 0.6 is 23.8 Å². The number of thiocarbonyl (C=S) groups is 1. The molecule has 0 aliphatic heterocycles. The molecule has 5 nitrogen and oxygen atoms in total. The van der Waals surface area contributed by atoms with Crippen LogP contribution in [0.1, 0.15) is 56.3 Å². The van der Waals surface area contributed by atoms with Gasteiger partial charge in [0, 0.05) is 17.6 Å². The van der Waals surface area contributed by atoms with Crippen LogP contribution < -0.4 is 16.0 Å². The van der Waals surface area contributed by atoms with E-state index in [9.17, 15) is 9.59 Å². The molecule has 1 aliphatic rings. The highest BCUT2D eigenvalue weighted by Crippen LogP contribution is 2.22. The summed E-state index contributed by atoms with van der Waals surface area (Å²) < 4.78 is 0. The van der Waals surface area contributed by atoms with E-state index in [2.05, 4.69) is 16.0 Å². The van der Waals surface area contributed by atoms with Gasteiger partial charge in [0.25, 0.3) is 5.91 Å². The highest BCUT2D eigenvalue weighted by Gasteiger charge is 2.19. The predicted octanol–water partition coefficient (Wildman–Crippen LogP) is 3.87. The van der Waals surface area contributed by atoms with Gasteiger partial charge in [0.15, 0.2) is 5.11 Å². The third kappa shape index (κ3) is 5.97. The normalized spacial score (nSPS) is 14.9. The van der Waals surface area contributed by atoms with Crippen molar-refractivity contribution in [1.82, 2.24) is 10.6 Å². The number of rotatable bonds is 4. The largest absolute Gasteiger partial charge is 0.349 e. The highest BCUT2D eigenvalue weighted by atomic mass is 35.5. The molecule has 0 saturated heterocycles. The molecule has 136 valence electrons. The fraction of sp³-hybridized carbons (Fsp3) is 0.500. The van der Waals surface area contributed by atoms with E-state index in [4.69, 9.17) is 23.8 Å². The zero-order valence-electron chi connectivity index (χ0n) is 14.5. The lowest BCUT2D eigenvalue weighted by molar-refractivity contribution is -0.122. The van der Waals surface area contributed by atoms with Crippen LogP contribution in [-0.2, 0) is 4.79 Å². The predicted molar refractivity (Wildman–Crippen MR) is 105 cm³/mol. The molecule has 1 aromatic rings. The molecule has 2 amide bonds. The van der Waals surface area contributed by atoms with Crippen LogP contribution in [0.4, 0.5) is 5.69 Å². The van der Waals surface area contributed by atoms with Crippen LogP contribution in [0.2, 0.25) is 5.02 Å². The Hall–Kier alpha value is -1.66. The zero-order chi connectivity index (χ0) is 18.4. The first-order valence-corrected chi connectivity index (χ1v) is 9.37. The van der Waals surface area contributed by atoms with Crippen LogP contribution in [0.25, 0.3) is 0 Å². The second kappa shape index (κ2) is 9.15. The average molecular weight is 382 g/mol. The minimum atomic E-state index is -0.183. The molecular formula is C18H24ClN3O2S. The van der Waals surface area contributed by atoms with E-state index in [1.165, 1.54) is 6.42 Å². The van der Waals surface area contributed by atoms with Gasteiger partial charge in [0.2, 0.25) is 5.91 Å². The first-order chi connectivity index (χ1) is 11.9. The molecule has 0 spiro atoms. The Bertz CT molecular complexity index is 658. The number of hydrogen-bond donors (Lipinski definition) is 3. The Morgan fingerprint density at radius 1 is 1.20 bits per heavy atom. The molecule has 1 aliphatic carbocycles. The van der Waals surface area contributed by atoms with Crippen LogP contribution in [0.3, 0.4) is 0 Å². The molecule has 3 N–H and O–H groups in total. The van der Waals surface area contributed by atoms with Crippen molar-refractivity contribution in [3.05, 3.63) is 28.8 Å². The zero-order valence-corrected chi connectivity index (χ0v) is 16.1. The van der Waals surface area contributed by atoms with E-state index >= 15 is 0 Å². The van der Waals surface area contributed by atoms with Crippen molar-refractivity contribution in [2.45, 2.75) is 52.0 Å². The summed E-state index contributed by atoms with van der Waals surface area (Å²) in [7, 11) is 0. The molecule has 1 aromatic carbocycles. The van der Waals surface area contributed by atoms with E-state index < -0.39 is 0 Å². The number of halogens is 1. The van der Waals surface area contributed by atoms with Gasteiger partial charge in [-0.3, -0.25) is 9.59 Å². The Labute approximate surface area is 158 Å². The Kier molecular flexibility index (Phi) is 7.20. The minimum Gasteiger partial charge on any atom is -0.349 e. The van der Waals surface area contributed by atoms with Gasteiger partial charge in [-0.1, -0.05) is 44.7 Å². The Morgan fingerprint density at radius 3 is 2.52 bits per heavy atom. The first-order valence-electron chi connectivity index (χ1n) is 8.59. The highest BCUT2D eigenvalue weighted by molar-refractivity contribution is 7.80. The maximum absolute atomic E-state index is 12.5. The number of nitrogens with one attached hydrogen (secondary N) is 3. The second-order valence-electron chi connectivity index (χ2n) is 6.60. The monoisotopic (exact) mass is 381 g/mol. The summed E-state index contributed by atoms with van der Waals surface area (Å²) in [6.07, 6.45) is 5.53. The smallest absolute Gasteiger partial charge is 0.253 e. The molecule has 0 aromatic heterocycles. The van der Waals surface area contributed by atoms with Gasteiger partial charge in [0.1, 0.15) is 0 Å². The molecule has 0 bridgehead atoms. The van der Waals surface area contributed by atoms with Crippen molar-refractivity contribution in [2.24, 2.45) is 5.92 Å². The number of anilines is 1. The minimum absolute atomic E-state index is 0.165. The molecule has 1 saturated carbocycles.